The number of allylic oxidation sites excluding steroid dienone is 3. The number of ketones is 1. The molecule has 0 aromatic heterocycles. The third kappa shape index (κ3) is 2.01. The van der Waals surface area contributed by atoms with Gasteiger partial charge in [-0.1, -0.05) is 29.8 Å². The Morgan fingerprint density at radius 1 is 1.27 bits per heavy atom. The van der Waals surface area contributed by atoms with Gasteiger partial charge in [0.15, 0.2) is 5.78 Å². The van der Waals surface area contributed by atoms with Crippen molar-refractivity contribution in [2.45, 2.75) is 18.9 Å². The van der Waals surface area contributed by atoms with Crippen LogP contribution >= 0.6 is 0 Å². The summed E-state index contributed by atoms with van der Waals surface area (Å²) in [7, 11) is 0. The maximum atomic E-state index is 11.8. The van der Waals surface area contributed by atoms with Crippen LogP contribution in [0, 0.1) is 29.6 Å². The smallest absolute Gasteiger partial charge is 0.177 e. The summed E-state index contributed by atoms with van der Waals surface area (Å²) in [5, 5.41) is 9.67. The van der Waals surface area contributed by atoms with Gasteiger partial charge in [0.1, 0.15) is 6.10 Å². The van der Waals surface area contributed by atoms with Gasteiger partial charge in [0.2, 0.25) is 0 Å². The number of hydrogen-bond acceptors (Lipinski definition) is 2. The van der Waals surface area contributed by atoms with Crippen molar-refractivity contribution in [2.24, 2.45) is 5.92 Å². The van der Waals surface area contributed by atoms with Crippen LogP contribution in [0.1, 0.15) is 12.8 Å². The molecule has 2 unspecified atom stereocenters. The molecule has 0 fully saturated rings. The summed E-state index contributed by atoms with van der Waals surface area (Å²) in [5.41, 5.74) is 0.406. The third-order valence-electron chi connectivity index (χ3n) is 2.44. The lowest BCUT2D eigenvalue weighted by Crippen LogP contribution is -2.26. The quantitative estimate of drug-likeness (QED) is 0.585. The first-order valence-corrected chi connectivity index (χ1v) is 4.88. The number of carbonyl (C=O) groups is 1. The van der Waals surface area contributed by atoms with Crippen molar-refractivity contribution >= 4 is 5.78 Å². The molecule has 2 aliphatic carbocycles. The van der Waals surface area contributed by atoms with Crippen molar-refractivity contribution in [3.05, 3.63) is 23.8 Å². The number of carbonyl (C=O) groups excluding carboxylic acids is 1. The van der Waals surface area contributed by atoms with E-state index in [1.807, 2.05) is 0 Å². The molecule has 2 atom stereocenters. The Hall–Kier alpha value is -1.77. The highest BCUT2D eigenvalue weighted by Crippen LogP contribution is 2.22. The maximum Gasteiger partial charge on any atom is 0.177 e. The van der Waals surface area contributed by atoms with E-state index in [0.29, 0.717) is 5.57 Å². The van der Waals surface area contributed by atoms with E-state index in [-0.39, 0.29) is 11.7 Å². The van der Waals surface area contributed by atoms with Crippen molar-refractivity contribution < 1.29 is 9.90 Å². The fourth-order valence-electron chi connectivity index (χ4n) is 1.66. The molecule has 0 amide bonds. The van der Waals surface area contributed by atoms with Crippen molar-refractivity contribution in [1.82, 2.24) is 0 Å². The molecule has 0 spiro atoms. The Balaban J connectivity index is 2.44. The first-order chi connectivity index (χ1) is 7.29. The highest BCUT2D eigenvalue weighted by Gasteiger charge is 2.27. The normalized spacial score (nSPS) is 30.2. The van der Waals surface area contributed by atoms with E-state index < -0.39 is 6.10 Å². The summed E-state index contributed by atoms with van der Waals surface area (Å²) in [6, 6.07) is 0. The molecule has 0 saturated carbocycles. The Morgan fingerprint density at radius 2 is 2.00 bits per heavy atom. The highest BCUT2D eigenvalue weighted by molar-refractivity contribution is 6.01. The average Bonchev–Trinajstić information content (AvgIpc) is 2.23. The molecule has 0 radical (unpaired) electrons. The molecule has 0 saturated heterocycles. The second-order valence-electron chi connectivity index (χ2n) is 3.47. The Bertz CT molecular complexity index is 460. The lowest BCUT2D eigenvalue weighted by molar-refractivity contribution is -0.118. The highest BCUT2D eigenvalue weighted by atomic mass is 16.3. The van der Waals surface area contributed by atoms with Crippen LogP contribution in [0.3, 0.4) is 0 Å². The minimum Gasteiger partial charge on any atom is -0.376 e. The first-order valence-electron chi connectivity index (χ1n) is 4.88. The van der Waals surface area contributed by atoms with Gasteiger partial charge in [0.25, 0.3) is 0 Å². The zero-order chi connectivity index (χ0) is 10.7. The van der Waals surface area contributed by atoms with E-state index in [0.717, 1.165) is 12.8 Å². The van der Waals surface area contributed by atoms with Crippen LogP contribution in [0.2, 0.25) is 0 Å². The Labute approximate surface area is 88.7 Å². The molecular formula is C13H10O2. The minimum absolute atomic E-state index is 0.0779. The molecule has 74 valence electrons. The zero-order valence-electron chi connectivity index (χ0n) is 8.16. The Kier molecular flexibility index (Phi) is 2.72. The van der Waals surface area contributed by atoms with E-state index in [1.54, 1.807) is 18.2 Å². The molecule has 0 aliphatic heterocycles. The molecule has 2 heteroatoms. The number of hydrogen-bond donors (Lipinski definition) is 1. The molecule has 15 heavy (non-hydrogen) atoms. The maximum absolute atomic E-state index is 11.8. The number of Topliss-reactive ketones (excluding diaryl/α,β-unsaturated/α-hetero) is 1. The second-order valence-corrected chi connectivity index (χ2v) is 3.47. The van der Waals surface area contributed by atoms with Crippen molar-refractivity contribution in [2.75, 3.05) is 0 Å². The predicted octanol–water partition coefficient (Wildman–Crippen LogP) is 0.829. The molecule has 2 rings (SSSR count). The number of aliphatic hydroxyl groups is 1. The molecule has 2 aliphatic rings. The third-order valence-corrected chi connectivity index (χ3v) is 2.44. The van der Waals surface area contributed by atoms with Gasteiger partial charge in [-0.05, 0) is 25.0 Å². The van der Waals surface area contributed by atoms with Crippen molar-refractivity contribution in [3.63, 3.8) is 0 Å². The van der Waals surface area contributed by atoms with Gasteiger partial charge in [0.05, 0.1) is 5.92 Å². The molecule has 1 N–H and O–H groups in total. The fraction of sp³-hybridized carbons (Fsp3) is 0.308. The van der Waals surface area contributed by atoms with Crippen LogP contribution in [0.25, 0.3) is 0 Å². The second kappa shape index (κ2) is 4.17. The summed E-state index contributed by atoms with van der Waals surface area (Å²) in [6.07, 6.45) is 5.51. The van der Waals surface area contributed by atoms with Crippen LogP contribution in [0.4, 0.5) is 0 Å². The lowest BCUT2D eigenvalue weighted by atomic mass is 9.85. The lowest BCUT2D eigenvalue weighted by Gasteiger charge is -2.18. The minimum atomic E-state index is -0.968. The SMILES string of the molecule is O=C1C2=CCCC1C#C/C=C/C#CC2O. The summed E-state index contributed by atoms with van der Waals surface area (Å²) >= 11 is 0. The summed E-state index contributed by atoms with van der Waals surface area (Å²) in [6.45, 7) is 0. The number of fused-ring (bicyclic) bond motifs is 2. The molecule has 2 nitrogen and oxygen atoms in total. The number of aliphatic hydroxyl groups excluding tert-OH is 1. The molecule has 2 bridgehead atoms. The van der Waals surface area contributed by atoms with Gasteiger partial charge >= 0.3 is 0 Å². The van der Waals surface area contributed by atoms with E-state index in [4.69, 9.17) is 0 Å². The first kappa shape index (κ1) is 9.77. The molecule has 0 aromatic carbocycles. The zero-order valence-corrected chi connectivity index (χ0v) is 8.16. The van der Waals surface area contributed by atoms with Gasteiger partial charge < -0.3 is 5.11 Å². The van der Waals surface area contributed by atoms with E-state index in [1.165, 1.54) is 0 Å². The van der Waals surface area contributed by atoms with Crippen LogP contribution < -0.4 is 0 Å². The summed E-state index contributed by atoms with van der Waals surface area (Å²) in [5.74, 6) is 10.6. The van der Waals surface area contributed by atoms with Crippen LogP contribution in [-0.4, -0.2) is 17.0 Å². The molecule has 0 aromatic rings. The van der Waals surface area contributed by atoms with Crippen LogP contribution in [0.5, 0.6) is 0 Å². The monoisotopic (exact) mass is 198 g/mol. The molecule has 0 heterocycles. The van der Waals surface area contributed by atoms with Gasteiger partial charge in [-0.2, -0.15) is 0 Å². The number of rotatable bonds is 0. The van der Waals surface area contributed by atoms with E-state index in [9.17, 15) is 9.90 Å². The van der Waals surface area contributed by atoms with Crippen molar-refractivity contribution in [1.29, 1.82) is 0 Å². The van der Waals surface area contributed by atoms with E-state index >= 15 is 0 Å². The summed E-state index contributed by atoms with van der Waals surface area (Å²) < 4.78 is 0. The average molecular weight is 198 g/mol. The van der Waals surface area contributed by atoms with Gasteiger partial charge in [-0.3, -0.25) is 4.79 Å². The predicted molar refractivity (Wildman–Crippen MR) is 56.5 cm³/mol. The van der Waals surface area contributed by atoms with Gasteiger partial charge in [-0.25, -0.2) is 0 Å². The van der Waals surface area contributed by atoms with Gasteiger partial charge in [-0.15, -0.1) is 0 Å². The van der Waals surface area contributed by atoms with E-state index in [2.05, 4.69) is 23.7 Å². The van der Waals surface area contributed by atoms with Crippen molar-refractivity contribution in [3.8, 4) is 23.7 Å². The van der Waals surface area contributed by atoms with Gasteiger partial charge in [0, 0.05) is 5.57 Å². The fourth-order valence-corrected chi connectivity index (χ4v) is 1.66. The standard InChI is InChI=1S/C13H10O2/c14-12-9-4-2-1-3-6-10-7-5-8-11(12)13(10)15/h1-2,8,10,12,14H,5,7H2/b2-1+. The largest absolute Gasteiger partial charge is 0.376 e. The van der Waals surface area contributed by atoms with Crippen LogP contribution in [-0.2, 0) is 4.79 Å². The Morgan fingerprint density at radius 3 is 2.80 bits per heavy atom. The topological polar surface area (TPSA) is 37.3 Å². The molecular weight excluding hydrogens is 188 g/mol. The van der Waals surface area contributed by atoms with Crippen LogP contribution in [0.15, 0.2) is 23.8 Å². The summed E-state index contributed by atoms with van der Waals surface area (Å²) in [4.78, 5) is 11.8.